The van der Waals surface area contributed by atoms with Crippen LogP contribution in [-0.2, 0) is 7.05 Å². The van der Waals surface area contributed by atoms with Crippen LogP contribution in [0.1, 0.15) is 40.4 Å². The summed E-state index contributed by atoms with van der Waals surface area (Å²) in [6.45, 7) is 1.74. The first-order valence-electron chi connectivity index (χ1n) is 12.8. The minimum atomic E-state index is -0.718. The summed E-state index contributed by atoms with van der Waals surface area (Å²) in [5.41, 5.74) is 10.6. The molecular formula is C30H23N9O2S. The molecule has 0 fully saturated rings. The van der Waals surface area contributed by atoms with Crippen molar-refractivity contribution in [2.24, 2.45) is 7.05 Å². The molecule has 1 amide bonds. The Morgan fingerprint density at radius 3 is 2.60 bits per heavy atom. The van der Waals surface area contributed by atoms with Crippen LogP contribution < -0.4 is 16.6 Å². The number of nitrogens with two attached hydrogens (primary N) is 1. The highest BCUT2D eigenvalue weighted by Crippen LogP contribution is 2.22. The van der Waals surface area contributed by atoms with Gasteiger partial charge in [0.05, 0.1) is 46.1 Å². The lowest BCUT2D eigenvalue weighted by Crippen LogP contribution is -2.34. The van der Waals surface area contributed by atoms with Crippen molar-refractivity contribution in [1.82, 2.24) is 39.6 Å². The molecule has 6 rings (SSSR count). The summed E-state index contributed by atoms with van der Waals surface area (Å²) in [6.07, 6.45) is 4.92. The maximum Gasteiger partial charge on any atom is 0.274 e. The van der Waals surface area contributed by atoms with Crippen molar-refractivity contribution in [3.63, 3.8) is 0 Å². The number of nitrogens with one attached hydrogen (secondary N) is 1. The lowest BCUT2D eigenvalue weighted by Gasteiger charge is -2.20. The number of nitrogens with zero attached hydrogens (tertiary/aromatic N) is 7. The van der Waals surface area contributed by atoms with E-state index in [4.69, 9.17) is 10.7 Å². The second kappa shape index (κ2) is 11.1. The molecule has 0 bridgehead atoms. The summed E-state index contributed by atoms with van der Waals surface area (Å²) in [7, 11) is 1.81. The largest absolute Gasteiger partial charge is 0.382 e. The number of anilines is 1. The SMILES string of the molecule is C[C@@H](NC(=O)c1nc(-c2cscn2)cnc1N)c1nc2cccc(C#Cc3cnn(C)c3)c2c(=O)n1-c1ccccc1. The molecule has 11 nitrogen and oxygen atoms in total. The molecule has 0 radical (unpaired) electrons. The van der Waals surface area contributed by atoms with Crippen LogP contribution in [0, 0.1) is 11.8 Å². The van der Waals surface area contributed by atoms with E-state index in [1.807, 2.05) is 25.2 Å². The Kier molecular flexibility index (Phi) is 7.00. The van der Waals surface area contributed by atoms with Gasteiger partial charge in [0.2, 0.25) is 0 Å². The minimum Gasteiger partial charge on any atom is -0.382 e. The van der Waals surface area contributed by atoms with Crippen LogP contribution in [0.4, 0.5) is 5.82 Å². The first-order chi connectivity index (χ1) is 20.4. The number of carbonyl (C=O) groups excluding carboxylic acids is 1. The summed E-state index contributed by atoms with van der Waals surface area (Å²) in [6, 6.07) is 13.7. The van der Waals surface area contributed by atoms with Crippen molar-refractivity contribution in [3.8, 4) is 28.9 Å². The summed E-state index contributed by atoms with van der Waals surface area (Å²) >= 11 is 1.40. The Hall–Kier alpha value is -5.67. The zero-order valence-electron chi connectivity index (χ0n) is 22.5. The molecule has 12 heteroatoms. The van der Waals surface area contributed by atoms with Gasteiger partial charge in [0.15, 0.2) is 11.5 Å². The van der Waals surface area contributed by atoms with Crippen molar-refractivity contribution in [3.05, 3.63) is 111 Å². The van der Waals surface area contributed by atoms with Gasteiger partial charge in [-0.2, -0.15) is 5.10 Å². The zero-order chi connectivity index (χ0) is 29.2. The number of amides is 1. The molecule has 6 aromatic rings. The second-order valence-corrected chi connectivity index (χ2v) is 10.1. The van der Waals surface area contributed by atoms with Crippen LogP contribution in [0.3, 0.4) is 0 Å². The zero-order valence-corrected chi connectivity index (χ0v) is 23.3. The number of thiazole rings is 1. The normalized spacial score (nSPS) is 11.6. The lowest BCUT2D eigenvalue weighted by atomic mass is 10.1. The van der Waals surface area contributed by atoms with Crippen LogP contribution >= 0.6 is 11.3 Å². The highest BCUT2D eigenvalue weighted by molar-refractivity contribution is 7.07. The van der Waals surface area contributed by atoms with Gasteiger partial charge >= 0.3 is 0 Å². The van der Waals surface area contributed by atoms with Crippen molar-refractivity contribution < 1.29 is 4.79 Å². The van der Waals surface area contributed by atoms with Crippen LogP contribution in [0.2, 0.25) is 0 Å². The molecule has 3 N–H and O–H groups in total. The van der Waals surface area contributed by atoms with E-state index in [9.17, 15) is 9.59 Å². The summed E-state index contributed by atoms with van der Waals surface area (Å²) in [5, 5.41) is 9.21. The van der Waals surface area contributed by atoms with Crippen molar-refractivity contribution in [1.29, 1.82) is 0 Å². The molecule has 0 spiro atoms. The van der Waals surface area contributed by atoms with Gasteiger partial charge in [-0.25, -0.2) is 19.9 Å². The molecule has 2 aromatic carbocycles. The van der Waals surface area contributed by atoms with E-state index in [2.05, 4.69) is 37.2 Å². The standard InChI is InChI=1S/C30H23N9O2S/c1-18(35-29(40)26-27(31)32-14-23(36-26)24-16-42-17-33-24)28-37-22-10-6-7-20(12-11-19-13-34-38(2)15-19)25(22)30(41)39(28)21-8-4-3-5-9-21/h3-10,13-18H,1-2H3,(H2,31,32)(H,35,40)/t18-/m1/s1. The molecule has 42 heavy (non-hydrogen) atoms. The molecule has 4 aromatic heterocycles. The number of hydrogen-bond donors (Lipinski definition) is 2. The average Bonchev–Trinajstić information content (AvgIpc) is 3.68. The quantitative estimate of drug-likeness (QED) is 0.298. The molecule has 0 unspecified atom stereocenters. The number of para-hydroxylation sites is 1. The predicted molar refractivity (Wildman–Crippen MR) is 160 cm³/mol. The number of aromatic nitrogens is 7. The number of benzene rings is 2. The van der Waals surface area contributed by atoms with Gasteiger partial charge in [0, 0.05) is 24.2 Å². The van der Waals surface area contributed by atoms with Gasteiger partial charge < -0.3 is 11.1 Å². The number of fused-ring (bicyclic) bond motifs is 1. The molecule has 0 aliphatic heterocycles. The molecule has 0 saturated carbocycles. The third kappa shape index (κ3) is 5.12. The van der Waals surface area contributed by atoms with E-state index >= 15 is 0 Å². The Labute approximate surface area is 243 Å². The van der Waals surface area contributed by atoms with Crippen LogP contribution in [-0.4, -0.2) is 40.2 Å². The fourth-order valence-corrected chi connectivity index (χ4v) is 5.00. The van der Waals surface area contributed by atoms with Gasteiger partial charge in [-0.1, -0.05) is 36.1 Å². The molecule has 0 aliphatic carbocycles. The second-order valence-electron chi connectivity index (χ2n) is 9.36. The van der Waals surface area contributed by atoms with Gasteiger partial charge in [0.1, 0.15) is 17.2 Å². The smallest absolute Gasteiger partial charge is 0.274 e. The molecule has 206 valence electrons. The highest BCUT2D eigenvalue weighted by atomic mass is 32.1. The summed E-state index contributed by atoms with van der Waals surface area (Å²) in [5.74, 6) is 5.91. The first-order valence-corrected chi connectivity index (χ1v) is 13.8. The molecule has 4 heterocycles. The van der Waals surface area contributed by atoms with E-state index in [1.54, 1.807) is 65.2 Å². The Morgan fingerprint density at radius 1 is 1.02 bits per heavy atom. The summed E-state index contributed by atoms with van der Waals surface area (Å²) in [4.78, 5) is 45.2. The molecule has 0 aliphatic rings. The highest BCUT2D eigenvalue weighted by Gasteiger charge is 2.23. The van der Waals surface area contributed by atoms with E-state index in [-0.39, 0.29) is 17.1 Å². The number of hydrogen-bond acceptors (Lipinski definition) is 9. The number of rotatable bonds is 5. The van der Waals surface area contributed by atoms with Crippen molar-refractivity contribution in [2.45, 2.75) is 13.0 Å². The Bertz CT molecular complexity index is 2060. The Balaban J connectivity index is 1.44. The third-order valence-corrected chi connectivity index (χ3v) is 7.02. The third-order valence-electron chi connectivity index (χ3n) is 6.43. The van der Waals surface area contributed by atoms with E-state index in [0.717, 1.165) is 5.56 Å². The maximum absolute atomic E-state index is 14.2. The van der Waals surface area contributed by atoms with Gasteiger partial charge in [0.25, 0.3) is 11.5 Å². The van der Waals surface area contributed by atoms with Crippen molar-refractivity contribution in [2.75, 3.05) is 5.73 Å². The molecule has 0 saturated heterocycles. The Morgan fingerprint density at radius 2 is 1.86 bits per heavy atom. The topological polar surface area (TPSA) is 146 Å². The average molecular weight is 574 g/mol. The molecule has 1 atom stereocenters. The maximum atomic E-state index is 14.2. The fourth-order valence-electron chi connectivity index (χ4n) is 4.45. The van der Waals surface area contributed by atoms with Crippen LogP contribution in [0.5, 0.6) is 0 Å². The number of carbonyl (C=O) groups is 1. The number of nitrogen functional groups attached to an aromatic ring is 1. The van der Waals surface area contributed by atoms with E-state index < -0.39 is 11.9 Å². The van der Waals surface area contributed by atoms with Gasteiger partial charge in [-0.05, 0) is 31.2 Å². The van der Waals surface area contributed by atoms with Crippen LogP contribution in [0.15, 0.2) is 82.8 Å². The first kappa shape index (κ1) is 26.5. The van der Waals surface area contributed by atoms with E-state index in [1.165, 1.54) is 22.1 Å². The predicted octanol–water partition coefficient (Wildman–Crippen LogP) is 3.51. The molecular weight excluding hydrogens is 550 g/mol. The lowest BCUT2D eigenvalue weighted by molar-refractivity contribution is 0.0933. The van der Waals surface area contributed by atoms with Crippen molar-refractivity contribution >= 4 is 34.0 Å². The van der Waals surface area contributed by atoms with Gasteiger partial charge in [-0.3, -0.25) is 18.8 Å². The number of aryl methyl sites for hydroxylation is 1. The monoisotopic (exact) mass is 573 g/mol. The minimum absolute atomic E-state index is 0.0255. The fraction of sp³-hybridized carbons (Fsp3) is 0.100. The summed E-state index contributed by atoms with van der Waals surface area (Å²) < 4.78 is 3.15. The van der Waals surface area contributed by atoms with Crippen LogP contribution in [0.25, 0.3) is 28.0 Å². The van der Waals surface area contributed by atoms with Gasteiger partial charge in [-0.15, -0.1) is 11.3 Å². The van der Waals surface area contributed by atoms with E-state index in [0.29, 0.717) is 39.4 Å².